The van der Waals surface area contributed by atoms with Crippen LogP contribution < -0.4 is 5.32 Å². The van der Waals surface area contributed by atoms with Crippen LogP contribution in [0.2, 0.25) is 0 Å². The van der Waals surface area contributed by atoms with Crippen LogP contribution in [-0.4, -0.2) is 37.5 Å². The zero-order chi connectivity index (χ0) is 14.5. The molecule has 1 heterocycles. The van der Waals surface area contributed by atoms with Crippen molar-refractivity contribution in [2.45, 2.75) is 33.1 Å². The maximum Gasteiger partial charge on any atom is 0.226 e. The minimum Gasteiger partial charge on any atom is -0.345 e. The zero-order valence-electron chi connectivity index (χ0n) is 12.9. The quantitative estimate of drug-likeness (QED) is 0.914. The van der Waals surface area contributed by atoms with Crippen LogP contribution in [0.5, 0.6) is 0 Å². The second kappa shape index (κ2) is 6.89. The molecule has 0 unspecified atom stereocenters. The third kappa shape index (κ3) is 4.07. The van der Waals surface area contributed by atoms with Gasteiger partial charge in [-0.05, 0) is 56.8 Å². The van der Waals surface area contributed by atoms with Gasteiger partial charge in [-0.25, -0.2) is 0 Å². The van der Waals surface area contributed by atoms with Gasteiger partial charge in [0.2, 0.25) is 5.91 Å². The summed E-state index contributed by atoms with van der Waals surface area (Å²) in [5.74, 6) is 0.890. The first-order chi connectivity index (χ1) is 9.56. The highest BCUT2D eigenvalue weighted by atomic mass is 16.2. The molecular weight excluding hydrogens is 248 g/mol. The van der Waals surface area contributed by atoms with Crippen LogP contribution in [-0.2, 0) is 11.2 Å². The highest BCUT2D eigenvalue weighted by molar-refractivity contribution is 5.79. The second-order valence-corrected chi connectivity index (χ2v) is 6.07. The summed E-state index contributed by atoms with van der Waals surface area (Å²) in [5, 5.41) is 3.37. The van der Waals surface area contributed by atoms with Crippen molar-refractivity contribution in [3.63, 3.8) is 0 Å². The fourth-order valence-corrected chi connectivity index (χ4v) is 2.84. The van der Waals surface area contributed by atoms with Crippen LogP contribution in [0.3, 0.4) is 0 Å². The van der Waals surface area contributed by atoms with Crippen molar-refractivity contribution < 1.29 is 4.79 Å². The van der Waals surface area contributed by atoms with Crippen molar-refractivity contribution in [2.75, 3.05) is 26.7 Å². The Bertz CT molecular complexity index is 464. The average molecular weight is 274 g/mol. The van der Waals surface area contributed by atoms with E-state index in [4.69, 9.17) is 0 Å². The maximum absolute atomic E-state index is 12.4. The Balaban J connectivity index is 1.91. The first-order valence-electron chi connectivity index (χ1n) is 7.57. The molecule has 3 heteroatoms. The second-order valence-electron chi connectivity index (χ2n) is 6.07. The Morgan fingerprint density at radius 3 is 2.70 bits per heavy atom. The minimum atomic E-state index is 0.234. The van der Waals surface area contributed by atoms with Gasteiger partial charge in [0.25, 0.3) is 0 Å². The highest BCUT2D eigenvalue weighted by Gasteiger charge is 2.18. The summed E-state index contributed by atoms with van der Waals surface area (Å²) >= 11 is 0. The predicted molar refractivity (Wildman–Crippen MR) is 82.9 cm³/mol. The first-order valence-corrected chi connectivity index (χ1v) is 7.57. The summed E-state index contributed by atoms with van der Waals surface area (Å²) in [6.07, 6.45) is 2.89. The van der Waals surface area contributed by atoms with E-state index in [2.05, 4.69) is 37.4 Å². The summed E-state index contributed by atoms with van der Waals surface area (Å²) in [6.45, 7) is 7.22. The molecule has 1 aromatic rings. The van der Waals surface area contributed by atoms with Crippen LogP contribution in [0.15, 0.2) is 18.2 Å². The van der Waals surface area contributed by atoms with Crippen molar-refractivity contribution in [1.82, 2.24) is 10.2 Å². The lowest BCUT2D eigenvalue weighted by Gasteiger charge is -2.27. The van der Waals surface area contributed by atoms with Gasteiger partial charge in [-0.3, -0.25) is 4.79 Å². The molecule has 0 saturated carbocycles. The number of amides is 1. The van der Waals surface area contributed by atoms with Crippen LogP contribution in [0.4, 0.5) is 0 Å². The number of hydrogen-bond donors (Lipinski definition) is 1. The molecule has 0 aliphatic carbocycles. The lowest BCUT2D eigenvalue weighted by Crippen LogP contribution is -2.37. The Labute approximate surface area is 122 Å². The number of benzene rings is 1. The van der Waals surface area contributed by atoms with Crippen molar-refractivity contribution >= 4 is 5.91 Å². The van der Waals surface area contributed by atoms with E-state index in [0.717, 1.165) is 25.2 Å². The molecule has 110 valence electrons. The van der Waals surface area contributed by atoms with Gasteiger partial charge >= 0.3 is 0 Å². The number of hydrogen-bond acceptors (Lipinski definition) is 2. The summed E-state index contributed by atoms with van der Waals surface area (Å²) in [5.41, 5.74) is 3.59. The van der Waals surface area contributed by atoms with Gasteiger partial charge in [0.15, 0.2) is 0 Å². The summed E-state index contributed by atoms with van der Waals surface area (Å²) in [7, 11) is 1.94. The van der Waals surface area contributed by atoms with E-state index >= 15 is 0 Å². The first kappa shape index (κ1) is 15.0. The van der Waals surface area contributed by atoms with Crippen LogP contribution in [0.1, 0.15) is 29.5 Å². The average Bonchev–Trinajstić information content (AvgIpc) is 2.44. The van der Waals surface area contributed by atoms with E-state index in [9.17, 15) is 4.79 Å². The van der Waals surface area contributed by atoms with E-state index in [1.807, 2.05) is 11.9 Å². The number of nitrogens with zero attached hydrogens (tertiary/aromatic N) is 1. The zero-order valence-corrected chi connectivity index (χ0v) is 12.9. The number of aryl methyl sites for hydroxylation is 2. The molecule has 0 aromatic heterocycles. The number of nitrogens with one attached hydrogen (secondary N) is 1. The lowest BCUT2D eigenvalue weighted by atomic mass is 9.97. The summed E-state index contributed by atoms with van der Waals surface area (Å²) in [4.78, 5) is 14.3. The van der Waals surface area contributed by atoms with Crippen molar-refractivity contribution in [3.8, 4) is 0 Å². The molecule has 3 nitrogen and oxygen atoms in total. The van der Waals surface area contributed by atoms with Crippen molar-refractivity contribution in [2.24, 2.45) is 5.92 Å². The van der Waals surface area contributed by atoms with Gasteiger partial charge in [0.1, 0.15) is 0 Å². The SMILES string of the molecule is Cc1ccc(C)c(CC(=O)N(C)CC2CCNCC2)c1. The van der Waals surface area contributed by atoms with Crippen LogP contribution in [0, 0.1) is 19.8 Å². The van der Waals surface area contributed by atoms with Gasteiger partial charge in [0, 0.05) is 13.6 Å². The standard InChI is InChI=1S/C17H26N2O/c1-13-4-5-14(2)16(10-13)11-17(20)19(3)12-15-6-8-18-9-7-15/h4-5,10,15,18H,6-9,11-12H2,1-3H3. The normalized spacial score (nSPS) is 16.1. The van der Waals surface area contributed by atoms with Gasteiger partial charge in [0.05, 0.1) is 6.42 Å². The monoisotopic (exact) mass is 274 g/mol. The molecule has 1 amide bonds. The van der Waals surface area contributed by atoms with Crippen LogP contribution >= 0.6 is 0 Å². The summed E-state index contributed by atoms with van der Waals surface area (Å²) < 4.78 is 0. The lowest BCUT2D eigenvalue weighted by molar-refractivity contribution is -0.129. The van der Waals surface area contributed by atoms with Gasteiger partial charge in [-0.2, -0.15) is 0 Å². The number of rotatable bonds is 4. The molecule has 0 atom stereocenters. The minimum absolute atomic E-state index is 0.234. The predicted octanol–water partition coefficient (Wildman–Crippen LogP) is 2.30. The molecule has 0 bridgehead atoms. The fraction of sp³-hybridized carbons (Fsp3) is 0.588. The number of piperidine rings is 1. The smallest absolute Gasteiger partial charge is 0.226 e. The van der Waals surface area contributed by atoms with E-state index < -0.39 is 0 Å². The maximum atomic E-state index is 12.4. The fourth-order valence-electron chi connectivity index (χ4n) is 2.84. The molecule has 0 radical (unpaired) electrons. The van der Waals surface area contributed by atoms with Gasteiger partial charge in [-0.15, -0.1) is 0 Å². The van der Waals surface area contributed by atoms with E-state index in [-0.39, 0.29) is 5.91 Å². The molecule has 1 N–H and O–H groups in total. The largest absolute Gasteiger partial charge is 0.345 e. The number of carbonyl (C=O) groups is 1. The molecule has 2 rings (SSSR count). The Morgan fingerprint density at radius 2 is 2.00 bits per heavy atom. The number of likely N-dealkylation sites (N-methyl/N-ethyl adjacent to an activating group) is 1. The Morgan fingerprint density at radius 1 is 1.30 bits per heavy atom. The van der Waals surface area contributed by atoms with Gasteiger partial charge < -0.3 is 10.2 Å². The molecule has 1 aromatic carbocycles. The van der Waals surface area contributed by atoms with Crippen molar-refractivity contribution in [1.29, 1.82) is 0 Å². The van der Waals surface area contributed by atoms with Crippen molar-refractivity contribution in [3.05, 3.63) is 34.9 Å². The molecule has 1 saturated heterocycles. The molecular formula is C17H26N2O. The van der Waals surface area contributed by atoms with E-state index in [1.165, 1.54) is 24.0 Å². The molecule has 1 fully saturated rings. The molecule has 20 heavy (non-hydrogen) atoms. The summed E-state index contributed by atoms with van der Waals surface area (Å²) in [6, 6.07) is 6.33. The molecule has 1 aliphatic rings. The topological polar surface area (TPSA) is 32.3 Å². The number of carbonyl (C=O) groups excluding carboxylic acids is 1. The van der Waals surface area contributed by atoms with Crippen LogP contribution in [0.25, 0.3) is 0 Å². The highest BCUT2D eigenvalue weighted by Crippen LogP contribution is 2.15. The Hall–Kier alpha value is -1.35. The van der Waals surface area contributed by atoms with Gasteiger partial charge in [-0.1, -0.05) is 23.8 Å². The molecule has 0 spiro atoms. The van der Waals surface area contributed by atoms with E-state index in [0.29, 0.717) is 12.3 Å². The molecule has 1 aliphatic heterocycles. The van der Waals surface area contributed by atoms with E-state index in [1.54, 1.807) is 0 Å². The Kier molecular flexibility index (Phi) is 5.18. The third-order valence-corrected chi connectivity index (χ3v) is 4.26. The third-order valence-electron chi connectivity index (χ3n) is 4.26.